The summed E-state index contributed by atoms with van der Waals surface area (Å²) in [7, 11) is 0. The highest BCUT2D eigenvalue weighted by Gasteiger charge is 2.20. The smallest absolute Gasteiger partial charge is 0.269 e. The Morgan fingerprint density at radius 3 is 2.18 bits per heavy atom. The monoisotopic (exact) mass is 382 g/mol. The molecule has 3 rings (SSSR count). The Balaban J connectivity index is 1.90. The van der Waals surface area contributed by atoms with Crippen molar-refractivity contribution in [1.29, 1.82) is 0 Å². The molecular formula is C21H16F2N2O3. The van der Waals surface area contributed by atoms with E-state index in [1.165, 1.54) is 66.7 Å². The number of halogens is 2. The van der Waals surface area contributed by atoms with Crippen LogP contribution in [0.2, 0.25) is 0 Å². The van der Waals surface area contributed by atoms with Crippen molar-refractivity contribution in [2.75, 3.05) is 5.32 Å². The Bertz CT molecular complexity index is 989. The van der Waals surface area contributed by atoms with Crippen molar-refractivity contribution in [3.8, 4) is 0 Å². The van der Waals surface area contributed by atoms with Crippen molar-refractivity contribution in [2.24, 2.45) is 0 Å². The molecule has 0 heterocycles. The number of carbonyl (C=O) groups excluding carboxylic acids is 1. The van der Waals surface area contributed by atoms with E-state index in [9.17, 15) is 23.7 Å². The van der Waals surface area contributed by atoms with Gasteiger partial charge in [-0.15, -0.1) is 0 Å². The molecule has 0 saturated heterocycles. The number of nitrogens with one attached hydrogen (secondary N) is 1. The van der Waals surface area contributed by atoms with E-state index in [-0.39, 0.29) is 17.9 Å². The van der Waals surface area contributed by atoms with E-state index in [1.807, 2.05) is 0 Å². The summed E-state index contributed by atoms with van der Waals surface area (Å²) >= 11 is 0. The zero-order valence-corrected chi connectivity index (χ0v) is 14.6. The molecule has 1 atom stereocenters. The van der Waals surface area contributed by atoms with Crippen LogP contribution in [0.15, 0.2) is 72.8 Å². The molecule has 0 spiro atoms. The molecule has 7 heteroatoms. The van der Waals surface area contributed by atoms with Gasteiger partial charge in [-0.3, -0.25) is 14.9 Å². The van der Waals surface area contributed by atoms with Crippen LogP contribution in [0.4, 0.5) is 20.2 Å². The molecule has 0 fully saturated rings. The fourth-order valence-corrected chi connectivity index (χ4v) is 2.79. The Labute approximate surface area is 159 Å². The topological polar surface area (TPSA) is 72.2 Å². The van der Waals surface area contributed by atoms with Crippen LogP contribution in [0.3, 0.4) is 0 Å². The molecule has 1 unspecified atom stereocenters. The number of non-ortho nitro benzene ring substituents is 1. The van der Waals surface area contributed by atoms with Gasteiger partial charge in [-0.25, -0.2) is 8.78 Å². The van der Waals surface area contributed by atoms with Gasteiger partial charge in [0.2, 0.25) is 0 Å². The average Bonchev–Trinajstić information content (AvgIpc) is 2.69. The number of benzene rings is 3. The minimum atomic E-state index is -0.595. The molecule has 28 heavy (non-hydrogen) atoms. The Kier molecular flexibility index (Phi) is 5.74. The molecule has 5 nitrogen and oxygen atoms in total. The highest BCUT2D eigenvalue weighted by Crippen LogP contribution is 2.27. The van der Waals surface area contributed by atoms with Crippen molar-refractivity contribution < 1.29 is 18.5 Å². The van der Waals surface area contributed by atoms with Crippen LogP contribution < -0.4 is 5.32 Å². The van der Waals surface area contributed by atoms with Crippen LogP contribution in [0, 0.1) is 21.7 Å². The number of carbonyl (C=O) groups is 1. The summed E-state index contributed by atoms with van der Waals surface area (Å²) in [6, 6.07) is 16.1. The van der Waals surface area contributed by atoms with Gasteiger partial charge in [0, 0.05) is 29.8 Å². The minimum absolute atomic E-state index is 0.0236. The number of nitrogens with zero attached hydrogens (tertiary/aromatic N) is 1. The minimum Gasteiger partial charge on any atom is -0.378 e. The summed E-state index contributed by atoms with van der Waals surface area (Å²) in [5.41, 5.74) is 1.33. The van der Waals surface area contributed by atoms with Crippen molar-refractivity contribution in [3.63, 3.8) is 0 Å². The molecular weight excluding hydrogens is 366 g/mol. The van der Waals surface area contributed by atoms with Crippen LogP contribution in [0.5, 0.6) is 0 Å². The lowest BCUT2D eigenvalue weighted by Crippen LogP contribution is -2.16. The molecule has 0 aliphatic rings. The second kappa shape index (κ2) is 8.39. The number of hydrogen-bond acceptors (Lipinski definition) is 4. The number of nitro groups is 1. The zero-order valence-electron chi connectivity index (χ0n) is 14.6. The summed E-state index contributed by atoms with van der Waals surface area (Å²) < 4.78 is 26.3. The van der Waals surface area contributed by atoms with Gasteiger partial charge in [-0.05, 0) is 54.1 Å². The highest BCUT2D eigenvalue weighted by atomic mass is 19.1. The largest absolute Gasteiger partial charge is 0.378 e. The van der Waals surface area contributed by atoms with Gasteiger partial charge >= 0.3 is 0 Å². The fraction of sp³-hybridized carbons (Fsp3) is 0.0952. The first kappa shape index (κ1) is 19.2. The first-order valence-electron chi connectivity index (χ1n) is 8.47. The molecule has 3 aromatic rings. The molecule has 0 amide bonds. The van der Waals surface area contributed by atoms with Crippen LogP contribution in [0.25, 0.3) is 0 Å². The van der Waals surface area contributed by atoms with Gasteiger partial charge in [-0.1, -0.05) is 12.1 Å². The second-order valence-corrected chi connectivity index (χ2v) is 6.19. The Morgan fingerprint density at radius 2 is 1.57 bits per heavy atom. The van der Waals surface area contributed by atoms with Gasteiger partial charge in [0.05, 0.1) is 11.0 Å². The normalized spacial score (nSPS) is 11.6. The number of anilines is 1. The van der Waals surface area contributed by atoms with E-state index in [2.05, 4.69) is 5.32 Å². The molecule has 0 aromatic heterocycles. The van der Waals surface area contributed by atoms with Crippen LogP contribution >= 0.6 is 0 Å². The zero-order chi connectivity index (χ0) is 20.1. The van der Waals surface area contributed by atoms with Crippen molar-refractivity contribution in [1.82, 2.24) is 0 Å². The molecule has 0 radical (unpaired) electrons. The predicted octanol–water partition coefficient (Wildman–Crippen LogP) is 5.30. The number of rotatable bonds is 7. The standard InChI is InChI=1S/C21H16F2N2O3/c22-16-6-4-14(5-7-16)21(26)13-20(24-18-10-8-17(23)9-11-18)15-2-1-3-19(12-15)25(27)28/h1-12,20,24H,13H2. The van der Waals surface area contributed by atoms with E-state index >= 15 is 0 Å². The van der Waals surface area contributed by atoms with Crippen LogP contribution in [-0.2, 0) is 0 Å². The summed E-state index contributed by atoms with van der Waals surface area (Å²) in [6.45, 7) is 0. The van der Waals surface area contributed by atoms with E-state index in [0.29, 0.717) is 16.8 Å². The number of hydrogen-bond donors (Lipinski definition) is 1. The van der Waals surface area contributed by atoms with Gasteiger partial charge in [0.15, 0.2) is 5.78 Å². The van der Waals surface area contributed by atoms with Gasteiger partial charge < -0.3 is 5.32 Å². The van der Waals surface area contributed by atoms with Crippen LogP contribution in [-0.4, -0.2) is 10.7 Å². The van der Waals surface area contributed by atoms with Crippen molar-refractivity contribution in [3.05, 3.63) is 106 Å². The molecule has 0 aliphatic heterocycles. The molecule has 1 N–H and O–H groups in total. The summed E-state index contributed by atoms with van der Waals surface area (Å²) in [6.07, 6.45) is -0.0236. The maximum atomic E-state index is 13.2. The lowest BCUT2D eigenvalue weighted by molar-refractivity contribution is -0.384. The van der Waals surface area contributed by atoms with E-state index in [4.69, 9.17) is 0 Å². The molecule has 142 valence electrons. The number of nitro benzene ring substituents is 1. The van der Waals surface area contributed by atoms with Crippen molar-refractivity contribution >= 4 is 17.2 Å². The lowest BCUT2D eigenvalue weighted by Gasteiger charge is -2.20. The number of Topliss-reactive ketones (excluding diaryl/α,β-unsaturated/α-hetero) is 1. The Morgan fingerprint density at radius 1 is 0.964 bits per heavy atom. The third-order valence-corrected chi connectivity index (χ3v) is 4.22. The molecule has 0 bridgehead atoms. The maximum absolute atomic E-state index is 13.2. The fourth-order valence-electron chi connectivity index (χ4n) is 2.79. The van der Waals surface area contributed by atoms with Gasteiger partial charge in [0.25, 0.3) is 5.69 Å². The van der Waals surface area contributed by atoms with E-state index in [1.54, 1.807) is 6.07 Å². The summed E-state index contributed by atoms with van der Waals surface area (Å²) in [5, 5.41) is 14.2. The molecule has 0 saturated carbocycles. The average molecular weight is 382 g/mol. The highest BCUT2D eigenvalue weighted by molar-refractivity contribution is 5.96. The third-order valence-electron chi connectivity index (χ3n) is 4.22. The quantitative estimate of drug-likeness (QED) is 0.342. The summed E-state index contributed by atoms with van der Waals surface area (Å²) in [4.78, 5) is 23.2. The molecule has 0 aliphatic carbocycles. The first-order chi connectivity index (χ1) is 13.4. The maximum Gasteiger partial charge on any atom is 0.269 e. The second-order valence-electron chi connectivity index (χ2n) is 6.19. The Hall–Kier alpha value is -3.61. The van der Waals surface area contributed by atoms with Gasteiger partial charge in [0.1, 0.15) is 11.6 Å². The SMILES string of the molecule is O=C(CC(Nc1ccc(F)cc1)c1cccc([N+](=O)[O-])c1)c1ccc(F)cc1. The first-order valence-corrected chi connectivity index (χ1v) is 8.47. The molecule has 3 aromatic carbocycles. The van der Waals surface area contributed by atoms with E-state index < -0.39 is 22.6 Å². The van der Waals surface area contributed by atoms with Crippen molar-refractivity contribution in [2.45, 2.75) is 12.5 Å². The van der Waals surface area contributed by atoms with Crippen LogP contribution in [0.1, 0.15) is 28.4 Å². The summed E-state index contributed by atoms with van der Waals surface area (Å²) in [5.74, 6) is -1.11. The third kappa shape index (κ3) is 4.76. The lowest BCUT2D eigenvalue weighted by atomic mass is 9.97. The predicted molar refractivity (Wildman–Crippen MR) is 101 cm³/mol. The van der Waals surface area contributed by atoms with Gasteiger partial charge in [-0.2, -0.15) is 0 Å². The number of ketones is 1. The van der Waals surface area contributed by atoms with E-state index in [0.717, 1.165) is 0 Å².